The van der Waals surface area contributed by atoms with Gasteiger partial charge in [0.1, 0.15) is 25.3 Å². The van der Waals surface area contributed by atoms with Crippen molar-refractivity contribution in [3.8, 4) is 0 Å². The van der Waals surface area contributed by atoms with Crippen molar-refractivity contribution >= 4 is 82.7 Å². The summed E-state index contributed by atoms with van der Waals surface area (Å²) in [7, 11) is 0. The number of ketones is 2. The van der Waals surface area contributed by atoms with Crippen LogP contribution in [-0.2, 0) is 90.9 Å². The number of imide groups is 1. The maximum atomic E-state index is 13.0. The number of unbranched alkanes of at least 4 members (excludes halogenated alkanes) is 4. The van der Waals surface area contributed by atoms with Crippen molar-refractivity contribution in [3.63, 3.8) is 0 Å². The lowest BCUT2D eigenvalue weighted by atomic mass is 9.81. The van der Waals surface area contributed by atoms with Crippen LogP contribution in [0, 0.1) is 11.8 Å². The number of hydrogen-bond donors (Lipinski definition) is 9. The van der Waals surface area contributed by atoms with Crippen LogP contribution in [0.25, 0.3) is 0 Å². The molecule has 0 aromatic heterocycles. The second-order valence-electron chi connectivity index (χ2n) is 20.6. The number of hydroxylamine groups is 2. The number of nitrogens with two attached hydrogens (primary N) is 1. The van der Waals surface area contributed by atoms with Crippen LogP contribution in [0.15, 0.2) is 0 Å². The molecule has 1 aliphatic carbocycles. The van der Waals surface area contributed by atoms with Crippen LogP contribution in [-0.4, -0.2) is 187 Å². The summed E-state index contributed by atoms with van der Waals surface area (Å²) in [5.41, 5.74) is 5.46. The minimum atomic E-state index is -1.40. The molecule has 1 heterocycles. The number of hydrogen-bond acceptors (Lipinski definition) is 19. The van der Waals surface area contributed by atoms with Gasteiger partial charge in [-0.25, -0.2) is 9.59 Å². The number of primary amides is 1. The highest BCUT2D eigenvalue weighted by molar-refractivity contribution is 6.01. The first kappa shape index (κ1) is 73.1. The van der Waals surface area contributed by atoms with Gasteiger partial charge < -0.3 is 71.4 Å². The predicted octanol–water partition coefficient (Wildman–Crippen LogP) is 0.832. The fourth-order valence-corrected chi connectivity index (χ4v) is 8.83. The summed E-state index contributed by atoms with van der Waals surface area (Å²) in [6.45, 7) is 1.02. The van der Waals surface area contributed by atoms with Crippen LogP contribution in [0.4, 0.5) is 0 Å². The number of carboxylic acid groups (broad SMARTS) is 3. The number of Topliss-reactive ketones (excluding diaryl/α,β-unsaturated/α-hetero) is 2. The number of carboxylic acids is 3. The van der Waals surface area contributed by atoms with Gasteiger partial charge in [-0.15, -0.1) is 5.06 Å². The Hall–Kier alpha value is -6.98. The molecule has 10 N–H and O–H groups in total. The maximum absolute atomic E-state index is 13.0. The summed E-state index contributed by atoms with van der Waals surface area (Å²) < 4.78 is 21.6. The standard InChI is InChI=1S/C55H87N7O22/c56-53(76)41(11-5-6-27-57-44(65)13-3-1-2-4-16-52(75)84-62-48(69)24-25-49(62)70)60-47(68)36-83-33-31-80-28-8-10-39(63)35-82-32-30-81-29-9-12-43(64)40(22-26-51(73)74)59-46(67)23-21-42(55(78)79)61-54(77)38-19-17-37(18-20-38)34-58-45(66)14-7-15-50(71)72/h37-38,40-42H,1-36H2,(H2,56,76)(H,57,65)(H,58,66)(H,59,67)(H,60,68)(H,61,77)(H,71,72)(H,73,74)(H,78,79)/t37?,38?,40?,41-,42?/m0/s1. The zero-order valence-corrected chi connectivity index (χ0v) is 48.0. The average molecular weight is 1200 g/mol. The molecule has 1 saturated heterocycles. The summed E-state index contributed by atoms with van der Waals surface area (Å²) >= 11 is 0. The number of carbonyl (C=O) groups excluding carboxylic acids is 11. The van der Waals surface area contributed by atoms with Crippen molar-refractivity contribution < 1.29 is 106 Å². The Kier molecular flexibility index (Phi) is 38.0. The molecular weight excluding hydrogens is 1110 g/mol. The van der Waals surface area contributed by atoms with E-state index in [2.05, 4.69) is 26.6 Å². The molecule has 0 aromatic carbocycles. The second kappa shape index (κ2) is 43.6. The molecule has 1 aliphatic heterocycles. The minimum Gasteiger partial charge on any atom is -0.481 e. The zero-order chi connectivity index (χ0) is 62.1. The van der Waals surface area contributed by atoms with Gasteiger partial charge >= 0.3 is 23.9 Å². The topological polar surface area (TPSA) is 435 Å². The molecular formula is C55H87N7O22. The van der Waals surface area contributed by atoms with E-state index >= 15 is 0 Å². The van der Waals surface area contributed by atoms with Crippen molar-refractivity contribution in [3.05, 3.63) is 0 Å². The highest BCUT2D eigenvalue weighted by atomic mass is 16.7. The van der Waals surface area contributed by atoms with Crippen molar-refractivity contribution in [2.75, 3.05) is 65.9 Å². The monoisotopic (exact) mass is 1200 g/mol. The lowest BCUT2D eigenvalue weighted by Crippen LogP contribution is -2.46. The number of aliphatic carboxylic acids is 3. The van der Waals surface area contributed by atoms with Crippen molar-refractivity contribution in [2.45, 2.75) is 185 Å². The molecule has 1 saturated carbocycles. The van der Waals surface area contributed by atoms with Crippen LogP contribution < -0.4 is 32.3 Å². The van der Waals surface area contributed by atoms with Crippen LogP contribution in [0.3, 0.4) is 0 Å². The molecule has 2 rings (SSSR count). The highest BCUT2D eigenvalue weighted by Crippen LogP contribution is 2.29. The quantitative estimate of drug-likeness (QED) is 0.0301. The van der Waals surface area contributed by atoms with E-state index in [0.29, 0.717) is 88.8 Å². The normalized spacial score (nSPS) is 15.9. The van der Waals surface area contributed by atoms with Gasteiger partial charge in [-0.1, -0.05) is 12.8 Å². The average Bonchev–Trinajstić information content (AvgIpc) is 4.02. The molecule has 0 aromatic rings. The summed E-state index contributed by atoms with van der Waals surface area (Å²) in [5.74, 6) is -9.08. The van der Waals surface area contributed by atoms with Crippen molar-refractivity contribution in [1.29, 1.82) is 0 Å². The predicted molar refractivity (Wildman–Crippen MR) is 292 cm³/mol. The lowest BCUT2D eigenvalue weighted by Gasteiger charge is -2.28. The van der Waals surface area contributed by atoms with E-state index in [1.807, 2.05) is 0 Å². The third-order valence-electron chi connectivity index (χ3n) is 13.6. The molecule has 84 heavy (non-hydrogen) atoms. The smallest absolute Gasteiger partial charge is 0.333 e. The first-order valence-corrected chi connectivity index (χ1v) is 28.9. The maximum Gasteiger partial charge on any atom is 0.333 e. The van der Waals surface area contributed by atoms with E-state index in [-0.39, 0.29) is 166 Å². The molecule has 2 unspecified atom stereocenters. The number of nitrogens with zero attached hydrogens (tertiary/aromatic N) is 1. The van der Waals surface area contributed by atoms with Gasteiger partial charge in [-0.3, -0.25) is 57.5 Å². The fourth-order valence-electron chi connectivity index (χ4n) is 8.83. The Labute approximate surface area is 487 Å². The summed E-state index contributed by atoms with van der Waals surface area (Å²) in [5, 5.41) is 41.3. The summed E-state index contributed by atoms with van der Waals surface area (Å²) in [6.07, 6.45) is 5.93. The van der Waals surface area contributed by atoms with Gasteiger partial charge in [0.15, 0.2) is 11.6 Å². The lowest BCUT2D eigenvalue weighted by molar-refractivity contribution is -0.197. The Morgan fingerprint density at radius 2 is 1.07 bits per heavy atom. The number of ether oxygens (including phenoxy) is 4. The van der Waals surface area contributed by atoms with Crippen LogP contribution in [0.2, 0.25) is 0 Å². The zero-order valence-electron chi connectivity index (χ0n) is 48.0. The Morgan fingerprint density at radius 3 is 1.70 bits per heavy atom. The fraction of sp³-hybridized carbons (Fsp3) is 0.745. The van der Waals surface area contributed by atoms with Gasteiger partial charge in [0.2, 0.25) is 35.4 Å². The molecule has 29 heteroatoms. The van der Waals surface area contributed by atoms with E-state index in [4.69, 9.17) is 34.6 Å². The molecule has 474 valence electrons. The van der Waals surface area contributed by atoms with Gasteiger partial charge in [0, 0.05) is 96.4 Å². The van der Waals surface area contributed by atoms with Gasteiger partial charge in [-0.05, 0) is 95.8 Å². The molecule has 2 fully saturated rings. The SMILES string of the molecule is NC(=O)[C@H](CCCCNC(=O)CCCCCCC(=O)ON1C(=O)CCC1=O)NC(=O)COCCOCCCC(=O)COCCOCCCC(=O)C(CCC(=O)O)NC(=O)CCC(NC(=O)C1CCC(CNC(=O)CCCC(=O)O)CC1)C(=O)O. The van der Waals surface area contributed by atoms with Crippen LogP contribution >= 0.6 is 0 Å². The minimum absolute atomic E-state index is 0.0263. The second-order valence-corrected chi connectivity index (χ2v) is 20.6. The molecule has 3 atom stereocenters. The highest BCUT2D eigenvalue weighted by Gasteiger charge is 2.33. The molecule has 8 amide bonds. The molecule has 0 radical (unpaired) electrons. The first-order valence-electron chi connectivity index (χ1n) is 28.9. The number of carbonyl (C=O) groups is 14. The molecule has 0 bridgehead atoms. The van der Waals surface area contributed by atoms with E-state index in [0.717, 1.165) is 0 Å². The number of rotatable bonds is 50. The van der Waals surface area contributed by atoms with Crippen LogP contribution in [0.1, 0.15) is 167 Å². The Morgan fingerprint density at radius 1 is 0.500 bits per heavy atom. The number of nitrogens with one attached hydrogen (secondary N) is 5. The van der Waals surface area contributed by atoms with Gasteiger partial charge in [-0.2, -0.15) is 0 Å². The van der Waals surface area contributed by atoms with Crippen LogP contribution in [0.5, 0.6) is 0 Å². The van der Waals surface area contributed by atoms with Crippen molar-refractivity contribution in [2.24, 2.45) is 17.6 Å². The van der Waals surface area contributed by atoms with E-state index < -0.39 is 95.6 Å². The summed E-state index contributed by atoms with van der Waals surface area (Å²) in [4.78, 5) is 173. The Bertz CT molecular complexity index is 2160. The van der Waals surface area contributed by atoms with E-state index in [9.17, 15) is 77.3 Å². The van der Waals surface area contributed by atoms with Gasteiger partial charge in [0.25, 0.3) is 11.8 Å². The van der Waals surface area contributed by atoms with Gasteiger partial charge in [0.05, 0.1) is 32.5 Å². The van der Waals surface area contributed by atoms with E-state index in [1.165, 1.54) is 0 Å². The molecule has 0 spiro atoms. The molecule has 2 aliphatic rings. The largest absolute Gasteiger partial charge is 0.481 e. The van der Waals surface area contributed by atoms with Crippen molar-refractivity contribution in [1.82, 2.24) is 31.6 Å². The number of amides is 8. The Balaban J connectivity index is 1.48. The third kappa shape index (κ3) is 35.2. The molecule has 29 nitrogen and oxygen atoms in total. The first-order chi connectivity index (χ1) is 40.1. The summed E-state index contributed by atoms with van der Waals surface area (Å²) in [6, 6.07) is -3.48. The van der Waals surface area contributed by atoms with E-state index in [1.54, 1.807) is 0 Å². The third-order valence-corrected chi connectivity index (χ3v) is 13.6.